The number of aromatic amines is 1. The molecule has 0 saturated carbocycles. The van der Waals surface area contributed by atoms with E-state index in [-0.39, 0.29) is 5.56 Å². The third kappa shape index (κ3) is 6.72. The average Bonchev–Trinajstić information content (AvgIpc) is 3.02. The van der Waals surface area contributed by atoms with Crippen molar-refractivity contribution in [3.63, 3.8) is 0 Å². The average molecular weight is 569 g/mol. The number of nitrogens with zero attached hydrogens (tertiary/aromatic N) is 4. The van der Waals surface area contributed by atoms with Gasteiger partial charge in [-0.05, 0) is 61.5 Å². The number of rotatable bonds is 9. The number of hydrogen-bond acceptors (Lipinski definition) is 7. The van der Waals surface area contributed by atoms with Crippen molar-refractivity contribution in [2.45, 2.75) is 13.8 Å². The summed E-state index contributed by atoms with van der Waals surface area (Å²) in [6, 6.07) is 16.7. The van der Waals surface area contributed by atoms with Gasteiger partial charge in [-0.2, -0.15) is 0 Å². The van der Waals surface area contributed by atoms with Crippen molar-refractivity contribution in [1.82, 2.24) is 14.8 Å². The Labute approximate surface area is 249 Å². The molecule has 2 saturated heterocycles. The van der Waals surface area contributed by atoms with Crippen LogP contribution in [0.2, 0.25) is 0 Å². The first-order chi connectivity index (χ1) is 20.3. The zero-order chi connectivity index (χ0) is 29.6. The van der Waals surface area contributed by atoms with E-state index in [0.29, 0.717) is 11.3 Å². The highest BCUT2D eigenvalue weighted by atomic mass is 16.5. The maximum Gasteiger partial charge on any atom is 0.257 e. The fourth-order valence-corrected chi connectivity index (χ4v) is 5.72. The van der Waals surface area contributed by atoms with E-state index < -0.39 is 0 Å². The van der Waals surface area contributed by atoms with Crippen LogP contribution in [0.5, 0.6) is 0 Å². The van der Waals surface area contributed by atoms with Crippen LogP contribution in [0.15, 0.2) is 71.8 Å². The second kappa shape index (κ2) is 13.3. The fourth-order valence-electron chi connectivity index (χ4n) is 5.72. The Morgan fingerprint density at radius 3 is 2.43 bits per heavy atom. The number of pyridine rings is 1. The van der Waals surface area contributed by atoms with Gasteiger partial charge in [0, 0.05) is 99.1 Å². The number of nitrogens with one attached hydrogen (secondary N) is 2. The number of anilines is 3. The predicted molar refractivity (Wildman–Crippen MR) is 176 cm³/mol. The zero-order valence-electron chi connectivity index (χ0n) is 25.4. The van der Waals surface area contributed by atoms with Gasteiger partial charge in [-0.15, -0.1) is 0 Å². The topological polar surface area (TPSA) is 67.1 Å². The molecule has 2 aliphatic heterocycles. The molecule has 8 nitrogen and oxygen atoms in total. The van der Waals surface area contributed by atoms with Crippen LogP contribution in [-0.2, 0) is 4.74 Å². The molecule has 0 spiro atoms. The number of morpholine rings is 1. The molecule has 8 heteroatoms. The van der Waals surface area contributed by atoms with Gasteiger partial charge in [0.25, 0.3) is 5.56 Å². The minimum absolute atomic E-state index is 0.167. The number of likely N-dealkylation sites (N-methyl/N-ethyl adjacent to an activating group) is 1. The normalized spacial score (nSPS) is 16.4. The molecule has 0 aliphatic carbocycles. The van der Waals surface area contributed by atoms with Gasteiger partial charge in [-0.3, -0.25) is 4.79 Å². The number of ether oxygens (including phenoxy) is 1. The third-order valence-electron chi connectivity index (χ3n) is 8.32. The molecule has 0 unspecified atom stereocenters. The van der Waals surface area contributed by atoms with E-state index >= 15 is 0 Å². The highest BCUT2D eigenvalue weighted by molar-refractivity contribution is 5.87. The van der Waals surface area contributed by atoms with Crippen LogP contribution in [0.1, 0.15) is 25.0 Å². The van der Waals surface area contributed by atoms with Gasteiger partial charge in [0.05, 0.1) is 18.8 Å². The summed E-state index contributed by atoms with van der Waals surface area (Å²) in [7, 11) is 4.07. The molecule has 0 radical (unpaired) electrons. The molecule has 42 heavy (non-hydrogen) atoms. The monoisotopic (exact) mass is 568 g/mol. The molecule has 3 heterocycles. The van der Waals surface area contributed by atoms with Crippen LogP contribution in [0.25, 0.3) is 22.9 Å². The third-order valence-corrected chi connectivity index (χ3v) is 8.32. The van der Waals surface area contributed by atoms with Crippen LogP contribution in [0, 0.1) is 0 Å². The maximum atomic E-state index is 13.5. The molecule has 2 N–H and O–H groups in total. The number of hydrogen-bond donors (Lipinski definition) is 2. The zero-order valence-corrected chi connectivity index (χ0v) is 25.4. The molecule has 5 rings (SSSR count). The lowest BCUT2D eigenvalue weighted by Gasteiger charge is -2.36. The van der Waals surface area contributed by atoms with Gasteiger partial charge in [0.2, 0.25) is 0 Å². The molecule has 222 valence electrons. The first-order valence-electron chi connectivity index (χ1n) is 14.9. The van der Waals surface area contributed by atoms with Gasteiger partial charge in [-0.25, -0.2) is 0 Å². The summed E-state index contributed by atoms with van der Waals surface area (Å²) in [5.41, 5.74) is 8.11. The molecule has 2 fully saturated rings. The smallest absolute Gasteiger partial charge is 0.257 e. The summed E-state index contributed by atoms with van der Waals surface area (Å²) >= 11 is 0. The van der Waals surface area contributed by atoms with Crippen LogP contribution >= 0.6 is 0 Å². The number of aromatic nitrogens is 1. The SMILES string of the molecule is C=C(Nc1ccc(N2CCOCC2)cc1)c1c(/C=C(\C)N2CCN(CC)CC2)c(-c2cccc(N(C)C)c2)c[nH]c1=O. The second-order valence-electron chi connectivity index (χ2n) is 11.2. The summed E-state index contributed by atoms with van der Waals surface area (Å²) in [5, 5.41) is 3.43. The number of H-pyrrole nitrogens is 1. The summed E-state index contributed by atoms with van der Waals surface area (Å²) < 4.78 is 5.49. The Morgan fingerprint density at radius 1 is 1.05 bits per heavy atom. The van der Waals surface area contributed by atoms with Crippen LogP contribution in [0.4, 0.5) is 17.1 Å². The molecular formula is C34H44N6O2. The van der Waals surface area contributed by atoms with Crippen LogP contribution in [0.3, 0.4) is 0 Å². The van der Waals surface area contributed by atoms with Crippen molar-refractivity contribution >= 4 is 28.8 Å². The van der Waals surface area contributed by atoms with E-state index in [1.807, 2.05) is 32.4 Å². The fraction of sp³-hybridized carbons (Fsp3) is 0.382. The van der Waals surface area contributed by atoms with Gasteiger partial charge in [0.1, 0.15) is 0 Å². The number of piperazine rings is 1. The Bertz CT molecular complexity index is 1460. The van der Waals surface area contributed by atoms with E-state index in [2.05, 4.69) is 92.8 Å². The van der Waals surface area contributed by atoms with E-state index in [9.17, 15) is 4.79 Å². The molecule has 0 amide bonds. The van der Waals surface area contributed by atoms with Crippen LogP contribution in [-0.4, -0.2) is 87.9 Å². The predicted octanol–water partition coefficient (Wildman–Crippen LogP) is 5.03. The Hall–Kier alpha value is -4.01. The lowest BCUT2D eigenvalue weighted by molar-refractivity contribution is 0.122. The summed E-state index contributed by atoms with van der Waals surface area (Å²) in [6.45, 7) is 17.1. The van der Waals surface area contributed by atoms with E-state index in [1.165, 1.54) is 0 Å². The Kier molecular flexibility index (Phi) is 9.35. The highest BCUT2D eigenvalue weighted by Gasteiger charge is 2.20. The Balaban J connectivity index is 1.51. The van der Waals surface area contributed by atoms with Crippen molar-refractivity contribution in [3.05, 3.63) is 88.5 Å². The van der Waals surface area contributed by atoms with Crippen molar-refractivity contribution in [1.29, 1.82) is 0 Å². The molecular weight excluding hydrogens is 524 g/mol. The standard InChI is InChI=1S/C34H44N6O2/c1-6-38-14-16-39(17-15-38)25(2)22-31-32(27-8-7-9-30(23-27)37(4)5)24-35-34(41)33(31)26(3)36-28-10-12-29(13-11-28)40-18-20-42-21-19-40/h7-13,22-24,36H,3,6,14-21H2,1-2,4-5H3,(H,35,41)/b25-22+. The van der Waals surface area contributed by atoms with Gasteiger partial charge in [0.15, 0.2) is 0 Å². The first kappa shape index (κ1) is 29.5. The number of allylic oxidation sites excluding steroid dienone is 1. The van der Waals surface area contributed by atoms with Crippen molar-refractivity contribution in [2.24, 2.45) is 0 Å². The van der Waals surface area contributed by atoms with Crippen molar-refractivity contribution < 1.29 is 4.74 Å². The highest BCUT2D eigenvalue weighted by Crippen LogP contribution is 2.32. The largest absolute Gasteiger partial charge is 0.378 e. The van der Waals surface area contributed by atoms with Gasteiger partial charge < -0.3 is 34.6 Å². The molecule has 2 aromatic carbocycles. The van der Waals surface area contributed by atoms with Gasteiger partial charge >= 0.3 is 0 Å². The van der Waals surface area contributed by atoms with Gasteiger partial charge in [-0.1, -0.05) is 25.6 Å². The van der Waals surface area contributed by atoms with Crippen LogP contribution < -0.4 is 20.7 Å². The minimum Gasteiger partial charge on any atom is -0.378 e. The Morgan fingerprint density at radius 2 is 1.76 bits per heavy atom. The van der Waals surface area contributed by atoms with E-state index in [0.717, 1.165) is 98.5 Å². The maximum absolute atomic E-state index is 13.5. The lowest BCUT2D eigenvalue weighted by atomic mass is 9.95. The molecule has 1 aromatic heterocycles. The van der Waals surface area contributed by atoms with Crippen molar-refractivity contribution in [3.8, 4) is 11.1 Å². The van der Waals surface area contributed by atoms with E-state index in [4.69, 9.17) is 4.74 Å². The summed E-state index contributed by atoms with van der Waals surface area (Å²) in [6.07, 6.45) is 4.00. The number of benzene rings is 2. The lowest BCUT2D eigenvalue weighted by Crippen LogP contribution is -2.45. The molecule has 2 aliphatic rings. The summed E-state index contributed by atoms with van der Waals surface area (Å²) in [5.74, 6) is 0. The molecule has 0 atom stereocenters. The molecule has 0 bridgehead atoms. The summed E-state index contributed by atoms with van der Waals surface area (Å²) in [4.78, 5) is 25.8. The second-order valence-corrected chi connectivity index (χ2v) is 11.2. The van der Waals surface area contributed by atoms with E-state index in [1.54, 1.807) is 0 Å². The first-order valence-corrected chi connectivity index (χ1v) is 14.9. The van der Waals surface area contributed by atoms with Crippen molar-refractivity contribution in [2.75, 3.05) is 88.2 Å². The molecule has 3 aromatic rings. The quantitative estimate of drug-likeness (QED) is 0.376. The minimum atomic E-state index is -0.167.